The number of aryl methyl sites for hydroxylation is 1. The van der Waals surface area contributed by atoms with Crippen LogP contribution in [0.1, 0.15) is 58.4 Å². The van der Waals surface area contributed by atoms with Crippen molar-refractivity contribution in [3.05, 3.63) is 47.0 Å². The molecule has 0 aliphatic carbocycles. The first kappa shape index (κ1) is 19.9. The molecule has 1 N–H and O–H groups in total. The fourth-order valence-electron chi connectivity index (χ4n) is 2.48. The maximum Gasteiger partial charge on any atom is 0.155 e. The zero-order valence-corrected chi connectivity index (χ0v) is 15.3. The molecule has 0 saturated carbocycles. The molecule has 2 nitrogen and oxygen atoms in total. The van der Waals surface area contributed by atoms with Gasteiger partial charge in [-0.25, -0.2) is 0 Å². The first-order valence-corrected chi connectivity index (χ1v) is 8.81. The van der Waals surface area contributed by atoms with Gasteiger partial charge in [0.2, 0.25) is 0 Å². The number of halogens is 1. The number of hydrogen-bond donors (Lipinski definition) is 1. The lowest BCUT2D eigenvalue weighted by Gasteiger charge is -2.17. The Bertz CT molecular complexity index is 515. The van der Waals surface area contributed by atoms with Gasteiger partial charge in [-0.1, -0.05) is 55.6 Å². The standard InChI is InChI=1S/C20H29ClO2/c1-16(9-7-15-20(2,3)23)8-6-11-18(22)14-13-17-10-4-5-12-19(17)21/h4-6,10-12,16,23H,7-9,13-15H2,1-3H3/t16-/m0/s1. The van der Waals surface area contributed by atoms with E-state index < -0.39 is 5.60 Å². The molecule has 0 aliphatic heterocycles. The van der Waals surface area contributed by atoms with Crippen molar-refractivity contribution in [2.75, 3.05) is 0 Å². The first-order chi connectivity index (χ1) is 10.8. The second-order valence-electron chi connectivity index (χ2n) is 7.01. The average molecular weight is 337 g/mol. The van der Waals surface area contributed by atoms with Crippen molar-refractivity contribution in [1.29, 1.82) is 0 Å². The molecular formula is C20H29ClO2. The van der Waals surface area contributed by atoms with E-state index in [1.54, 1.807) is 6.08 Å². The van der Waals surface area contributed by atoms with E-state index in [1.807, 2.05) is 44.2 Å². The molecule has 128 valence electrons. The third-order valence-electron chi connectivity index (χ3n) is 3.93. The minimum Gasteiger partial charge on any atom is -0.390 e. The Morgan fingerprint density at radius 1 is 1.35 bits per heavy atom. The van der Waals surface area contributed by atoms with E-state index in [0.29, 0.717) is 18.8 Å². The van der Waals surface area contributed by atoms with Crippen molar-refractivity contribution < 1.29 is 9.90 Å². The van der Waals surface area contributed by atoms with Gasteiger partial charge in [-0.05, 0) is 56.7 Å². The van der Waals surface area contributed by atoms with Gasteiger partial charge in [0.05, 0.1) is 5.60 Å². The zero-order valence-electron chi connectivity index (χ0n) is 14.5. The summed E-state index contributed by atoms with van der Waals surface area (Å²) in [4.78, 5) is 11.9. The summed E-state index contributed by atoms with van der Waals surface area (Å²) in [6, 6.07) is 7.65. The molecule has 0 spiro atoms. The Kier molecular flexibility index (Phi) is 8.57. The molecule has 23 heavy (non-hydrogen) atoms. The number of allylic oxidation sites excluding steroid dienone is 2. The van der Waals surface area contributed by atoms with Crippen molar-refractivity contribution >= 4 is 17.4 Å². The number of hydrogen-bond acceptors (Lipinski definition) is 2. The van der Waals surface area contributed by atoms with Crippen LogP contribution in [-0.2, 0) is 11.2 Å². The van der Waals surface area contributed by atoms with Crippen LogP contribution in [0.4, 0.5) is 0 Å². The molecular weight excluding hydrogens is 308 g/mol. The maximum absolute atomic E-state index is 11.9. The SMILES string of the molecule is C[C@@H](CC=CC(=O)CCc1ccccc1Cl)CCCC(C)(C)O. The smallest absolute Gasteiger partial charge is 0.155 e. The van der Waals surface area contributed by atoms with Gasteiger partial charge in [0, 0.05) is 11.4 Å². The second kappa shape index (κ2) is 9.89. The number of carbonyl (C=O) groups excluding carboxylic acids is 1. The average Bonchev–Trinajstić information content (AvgIpc) is 2.45. The van der Waals surface area contributed by atoms with E-state index in [4.69, 9.17) is 11.6 Å². The number of rotatable bonds is 10. The number of ketones is 1. The Balaban J connectivity index is 2.23. The third kappa shape index (κ3) is 9.58. The molecule has 0 aromatic heterocycles. The molecule has 0 heterocycles. The van der Waals surface area contributed by atoms with Gasteiger partial charge >= 0.3 is 0 Å². The molecule has 1 aromatic carbocycles. The van der Waals surface area contributed by atoms with E-state index in [1.165, 1.54) is 0 Å². The van der Waals surface area contributed by atoms with Crippen LogP contribution in [0.3, 0.4) is 0 Å². The lowest BCUT2D eigenvalue weighted by Crippen LogP contribution is -2.18. The highest BCUT2D eigenvalue weighted by molar-refractivity contribution is 6.31. The van der Waals surface area contributed by atoms with Crippen LogP contribution in [0, 0.1) is 5.92 Å². The predicted octanol–water partition coefficient (Wildman–Crippen LogP) is 5.37. The first-order valence-electron chi connectivity index (χ1n) is 8.43. The number of benzene rings is 1. The largest absolute Gasteiger partial charge is 0.390 e. The molecule has 1 atom stereocenters. The van der Waals surface area contributed by atoms with E-state index >= 15 is 0 Å². The van der Waals surface area contributed by atoms with Gasteiger partial charge in [-0.3, -0.25) is 4.79 Å². The van der Waals surface area contributed by atoms with E-state index in [2.05, 4.69) is 6.92 Å². The summed E-state index contributed by atoms with van der Waals surface area (Å²) in [6.45, 7) is 5.87. The minimum atomic E-state index is -0.579. The Morgan fingerprint density at radius 3 is 2.70 bits per heavy atom. The lowest BCUT2D eigenvalue weighted by atomic mass is 9.95. The summed E-state index contributed by atoms with van der Waals surface area (Å²) in [7, 11) is 0. The summed E-state index contributed by atoms with van der Waals surface area (Å²) < 4.78 is 0. The van der Waals surface area contributed by atoms with E-state index in [9.17, 15) is 9.90 Å². The van der Waals surface area contributed by atoms with Crippen molar-refractivity contribution in [3.8, 4) is 0 Å². The molecule has 0 saturated heterocycles. The summed E-state index contributed by atoms with van der Waals surface area (Å²) in [5.74, 6) is 0.679. The molecule has 0 amide bonds. The van der Waals surface area contributed by atoms with Crippen molar-refractivity contribution in [3.63, 3.8) is 0 Å². The van der Waals surface area contributed by atoms with Crippen LogP contribution in [-0.4, -0.2) is 16.5 Å². The summed E-state index contributed by atoms with van der Waals surface area (Å²) >= 11 is 6.09. The fraction of sp³-hybridized carbons (Fsp3) is 0.550. The van der Waals surface area contributed by atoms with Gasteiger partial charge in [-0.15, -0.1) is 0 Å². The summed E-state index contributed by atoms with van der Waals surface area (Å²) in [6.07, 6.45) is 8.66. The van der Waals surface area contributed by atoms with Crippen LogP contribution in [0.25, 0.3) is 0 Å². The van der Waals surface area contributed by atoms with E-state index in [0.717, 1.165) is 36.3 Å². The molecule has 0 unspecified atom stereocenters. The van der Waals surface area contributed by atoms with Gasteiger partial charge in [0.15, 0.2) is 5.78 Å². The van der Waals surface area contributed by atoms with Crippen LogP contribution >= 0.6 is 11.6 Å². The second-order valence-corrected chi connectivity index (χ2v) is 7.41. The highest BCUT2D eigenvalue weighted by Crippen LogP contribution is 2.19. The Labute approximate surface area is 145 Å². The maximum atomic E-state index is 11.9. The van der Waals surface area contributed by atoms with Gasteiger partial charge < -0.3 is 5.11 Å². The highest BCUT2D eigenvalue weighted by atomic mass is 35.5. The normalized spacial score (nSPS) is 13.4. The molecule has 0 radical (unpaired) electrons. The quantitative estimate of drug-likeness (QED) is 0.583. The zero-order chi connectivity index (χ0) is 17.3. The van der Waals surface area contributed by atoms with Gasteiger partial charge in [0.25, 0.3) is 0 Å². The fourth-order valence-corrected chi connectivity index (χ4v) is 2.71. The van der Waals surface area contributed by atoms with Crippen LogP contribution < -0.4 is 0 Å². The topological polar surface area (TPSA) is 37.3 Å². The van der Waals surface area contributed by atoms with E-state index in [-0.39, 0.29) is 5.78 Å². The van der Waals surface area contributed by atoms with Crippen molar-refractivity contribution in [2.45, 2.75) is 64.9 Å². The lowest BCUT2D eigenvalue weighted by molar-refractivity contribution is -0.114. The Morgan fingerprint density at radius 2 is 2.04 bits per heavy atom. The number of carbonyl (C=O) groups is 1. The summed E-state index contributed by atoms with van der Waals surface area (Å²) in [5, 5.41) is 10.4. The molecule has 0 aliphatic rings. The monoisotopic (exact) mass is 336 g/mol. The van der Waals surface area contributed by atoms with Gasteiger partial charge in [0.1, 0.15) is 0 Å². The van der Waals surface area contributed by atoms with Gasteiger partial charge in [-0.2, -0.15) is 0 Å². The third-order valence-corrected chi connectivity index (χ3v) is 4.30. The molecule has 1 aromatic rings. The summed E-state index contributed by atoms with van der Waals surface area (Å²) in [5.41, 5.74) is 0.445. The molecule has 1 rings (SSSR count). The minimum absolute atomic E-state index is 0.147. The van der Waals surface area contributed by atoms with Crippen molar-refractivity contribution in [2.24, 2.45) is 5.92 Å². The number of aliphatic hydroxyl groups is 1. The van der Waals surface area contributed by atoms with Crippen LogP contribution in [0.2, 0.25) is 5.02 Å². The Hall–Kier alpha value is -1.12. The molecule has 0 fully saturated rings. The molecule has 0 bridgehead atoms. The predicted molar refractivity (Wildman–Crippen MR) is 97.8 cm³/mol. The highest BCUT2D eigenvalue weighted by Gasteiger charge is 2.12. The van der Waals surface area contributed by atoms with Crippen molar-refractivity contribution in [1.82, 2.24) is 0 Å². The molecule has 3 heteroatoms. The van der Waals surface area contributed by atoms with Crippen LogP contribution in [0.5, 0.6) is 0 Å². The van der Waals surface area contributed by atoms with Crippen LogP contribution in [0.15, 0.2) is 36.4 Å².